The molecule has 5 heteroatoms. The molecule has 2 nitrogen and oxygen atoms in total. The van der Waals surface area contributed by atoms with Gasteiger partial charge in [-0.1, -0.05) is 12.1 Å². The smallest absolute Gasteiger partial charge is 0.342 e. The number of aromatic nitrogens is 2. The molecule has 18 heavy (non-hydrogen) atoms. The number of aromatic amines is 1. The average molecular weight is 252 g/mol. The Hall–Kier alpha value is -1.78. The van der Waals surface area contributed by atoms with Crippen molar-refractivity contribution in [1.82, 2.24) is 9.97 Å². The molecule has 1 N–H and O–H groups in total. The Morgan fingerprint density at radius 3 is 2.67 bits per heavy atom. The minimum Gasteiger partial charge on any atom is -0.342 e. The molecule has 0 aliphatic heterocycles. The molecule has 94 valence electrons. The maximum Gasteiger partial charge on any atom is 0.416 e. The maximum atomic E-state index is 12.6. The normalized spacial score (nSPS) is 15.9. The standard InChI is InChI=1S/C13H11F3N2/c14-13(15,16)10-3-1-2-9(6-10)11-7-17-12(18-11)8-4-5-8/h1-3,6-8H,4-5H2,(H,17,18). The zero-order chi connectivity index (χ0) is 12.8. The minimum absolute atomic E-state index is 0.463. The van der Waals surface area contributed by atoms with Crippen molar-refractivity contribution >= 4 is 0 Å². The summed E-state index contributed by atoms with van der Waals surface area (Å²) in [6.45, 7) is 0. The molecule has 1 aliphatic carbocycles. The molecule has 0 atom stereocenters. The second-order valence-electron chi connectivity index (χ2n) is 4.53. The first-order chi connectivity index (χ1) is 8.54. The third-order valence-electron chi connectivity index (χ3n) is 3.06. The third-order valence-corrected chi connectivity index (χ3v) is 3.06. The van der Waals surface area contributed by atoms with Crippen LogP contribution in [0.15, 0.2) is 30.5 Å². The largest absolute Gasteiger partial charge is 0.416 e. The first-order valence-corrected chi connectivity index (χ1v) is 5.76. The fourth-order valence-corrected chi connectivity index (χ4v) is 1.91. The molecule has 2 aromatic rings. The van der Waals surface area contributed by atoms with Crippen LogP contribution < -0.4 is 0 Å². The number of imidazole rings is 1. The van der Waals surface area contributed by atoms with Crippen LogP contribution in [0, 0.1) is 0 Å². The lowest BCUT2D eigenvalue weighted by Gasteiger charge is -2.07. The number of rotatable bonds is 2. The van der Waals surface area contributed by atoms with Gasteiger partial charge in [0.2, 0.25) is 0 Å². The van der Waals surface area contributed by atoms with Crippen LogP contribution in [-0.4, -0.2) is 9.97 Å². The van der Waals surface area contributed by atoms with Gasteiger partial charge in [-0.05, 0) is 25.0 Å². The van der Waals surface area contributed by atoms with Crippen LogP contribution in [0.3, 0.4) is 0 Å². The predicted octanol–water partition coefficient (Wildman–Crippen LogP) is 3.97. The summed E-state index contributed by atoms with van der Waals surface area (Å²) in [6.07, 6.45) is -0.496. The summed E-state index contributed by atoms with van der Waals surface area (Å²) in [7, 11) is 0. The summed E-state index contributed by atoms with van der Waals surface area (Å²) >= 11 is 0. The number of nitrogens with zero attached hydrogens (tertiary/aromatic N) is 1. The van der Waals surface area contributed by atoms with Crippen LogP contribution >= 0.6 is 0 Å². The molecular weight excluding hydrogens is 241 g/mol. The lowest BCUT2D eigenvalue weighted by Crippen LogP contribution is -2.04. The molecule has 1 aromatic carbocycles. The van der Waals surface area contributed by atoms with Gasteiger partial charge < -0.3 is 4.98 Å². The zero-order valence-corrected chi connectivity index (χ0v) is 9.46. The Balaban J connectivity index is 1.95. The van der Waals surface area contributed by atoms with Crippen LogP contribution in [0.25, 0.3) is 11.3 Å². The Morgan fingerprint density at radius 2 is 2.00 bits per heavy atom. The van der Waals surface area contributed by atoms with Gasteiger partial charge in [-0.15, -0.1) is 0 Å². The van der Waals surface area contributed by atoms with Crippen molar-refractivity contribution in [2.75, 3.05) is 0 Å². The highest BCUT2D eigenvalue weighted by molar-refractivity contribution is 5.59. The number of hydrogen-bond acceptors (Lipinski definition) is 1. The average Bonchev–Trinajstić information content (AvgIpc) is 3.06. The SMILES string of the molecule is FC(F)(F)c1cccc(-c2cnc(C3CC3)[nH]2)c1. The predicted molar refractivity (Wildman–Crippen MR) is 61.0 cm³/mol. The maximum absolute atomic E-state index is 12.6. The molecular formula is C13H11F3N2. The van der Waals surface area contributed by atoms with Crippen molar-refractivity contribution in [3.8, 4) is 11.3 Å². The van der Waals surface area contributed by atoms with Crippen LogP contribution in [0.1, 0.15) is 30.1 Å². The fourth-order valence-electron chi connectivity index (χ4n) is 1.91. The van der Waals surface area contributed by atoms with E-state index in [1.807, 2.05) is 0 Å². The molecule has 1 heterocycles. The molecule has 1 fully saturated rings. The number of halogens is 3. The van der Waals surface area contributed by atoms with Crippen molar-refractivity contribution in [3.05, 3.63) is 41.9 Å². The molecule has 0 amide bonds. The van der Waals surface area contributed by atoms with Gasteiger partial charge in [-0.25, -0.2) is 4.98 Å². The number of hydrogen-bond donors (Lipinski definition) is 1. The lowest BCUT2D eigenvalue weighted by molar-refractivity contribution is -0.137. The fraction of sp³-hybridized carbons (Fsp3) is 0.308. The number of benzene rings is 1. The summed E-state index contributed by atoms with van der Waals surface area (Å²) in [5.41, 5.74) is 0.523. The highest BCUT2D eigenvalue weighted by Gasteiger charge is 2.31. The van der Waals surface area contributed by atoms with Gasteiger partial charge in [0.25, 0.3) is 0 Å². The van der Waals surface area contributed by atoms with E-state index in [4.69, 9.17) is 0 Å². The topological polar surface area (TPSA) is 28.7 Å². The van der Waals surface area contributed by atoms with E-state index in [-0.39, 0.29) is 0 Å². The van der Waals surface area contributed by atoms with Crippen LogP contribution in [0.4, 0.5) is 13.2 Å². The molecule has 0 bridgehead atoms. The van der Waals surface area contributed by atoms with Gasteiger partial charge in [0.05, 0.1) is 17.5 Å². The van der Waals surface area contributed by atoms with Gasteiger partial charge in [0.1, 0.15) is 5.82 Å². The highest BCUT2D eigenvalue weighted by atomic mass is 19.4. The van der Waals surface area contributed by atoms with E-state index in [1.54, 1.807) is 12.3 Å². The van der Waals surface area contributed by atoms with Gasteiger partial charge in [0.15, 0.2) is 0 Å². The van der Waals surface area contributed by atoms with E-state index >= 15 is 0 Å². The monoisotopic (exact) mass is 252 g/mol. The lowest BCUT2D eigenvalue weighted by atomic mass is 10.1. The molecule has 0 radical (unpaired) electrons. The van der Waals surface area contributed by atoms with E-state index in [0.29, 0.717) is 17.2 Å². The number of H-pyrrole nitrogens is 1. The van der Waals surface area contributed by atoms with E-state index in [0.717, 1.165) is 30.8 Å². The van der Waals surface area contributed by atoms with E-state index in [9.17, 15) is 13.2 Å². The molecule has 0 unspecified atom stereocenters. The van der Waals surface area contributed by atoms with E-state index in [1.165, 1.54) is 6.07 Å². The van der Waals surface area contributed by atoms with Crippen molar-refractivity contribution in [3.63, 3.8) is 0 Å². The van der Waals surface area contributed by atoms with Crippen molar-refractivity contribution in [2.45, 2.75) is 24.9 Å². The second kappa shape index (κ2) is 3.86. The van der Waals surface area contributed by atoms with E-state index < -0.39 is 11.7 Å². The third kappa shape index (κ3) is 2.12. The van der Waals surface area contributed by atoms with Crippen molar-refractivity contribution in [2.24, 2.45) is 0 Å². The first kappa shape index (κ1) is 11.3. The number of nitrogens with one attached hydrogen (secondary N) is 1. The number of alkyl halides is 3. The summed E-state index contributed by atoms with van der Waals surface area (Å²) in [6, 6.07) is 5.28. The van der Waals surface area contributed by atoms with Crippen molar-refractivity contribution in [1.29, 1.82) is 0 Å². The molecule has 1 aromatic heterocycles. The van der Waals surface area contributed by atoms with Gasteiger partial charge >= 0.3 is 6.18 Å². The highest BCUT2D eigenvalue weighted by Crippen LogP contribution is 2.39. The minimum atomic E-state index is -4.31. The zero-order valence-electron chi connectivity index (χ0n) is 9.46. The Labute approximate surface area is 102 Å². The van der Waals surface area contributed by atoms with Crippen LogP contribution in [-0.2, 0) is 6.18 Å². The summed E-state index contributed by atoms with van der Waals surface area (Å²) in [5, 5.41) is 0. The Kier molecular flexibility index (Phi) is 2.43. The van der Waals surface area contributed by atoms with Gasteiger partial charge in [-0.3, -0.25) is 0 Å². The quantitative estimate of drug-likeness (QED) is 0.860. The second-order valence-corrected chi connectivity index (χ2v) is 4.53. The van der Waals surface area contributed by atoms with Crippen LogP contribution in [0.5, 0.6) is 0 Å². The molecule has 1 aliphatic rings. The van der Waals surface area contributed by atoms with Gasteiger partial charge in [-0.2, -0.15) is 13.2 Å². The molecule has 0 saturated heterocycles. The Bertz CT molecular complexity index is 568. The Morgan fingerprint density at radius 1 is 1.22 bits per heavy atom. The van der Waals surface area contributed by atoms with Crippen LogP contribution in [0.2, 0.25) is 0 Å². The first-order valence-electron chi connectivity index (χ1n) is 5.76. The van der Waals surface area contributed by atoms with E-state index in [2.05, 4.69) is 9.97 Å². The molecule has 0 spiro atoms. The molecule has 3 rings (SSSR count). The van der Waals surface area contributed by atoms with Gasteiger partial charge in [0, 0.05) is 11.5 Å². The summed E-state index contributed by atoms with van der Waals surface area (Å²) < 4.78 is 37.8. The summed E-state index contributed by atoms with van der Waals surface area (Å²) in [4.78, 5) is 7.30. The molecule has 1 saturated carbocycles. The summed E-state index contributed by atoms with van der Waals surface area (Å²) in [5.74, 6) is 1.34. The van der Waals surface area contributed by atoms with Crippen molar-refractivity contribution < 1.29 is 13.2 Å².